The molecule has 2 heterocycles. The fourth-order valence-electron chi connectivity index (χ4n) is 4.43. The predicted octanol–water partition coefficient (Wildman–Crippen LogP) is 2.94. The van der Waals surface area contributed by atoms with E-state index in [0.29, 0.717) is 30.2 Å². The average Bonchev–Trinajstić information content (AvgIpc) is 3.69. The highest BCUT2D eigenvalue weighted by Gasteiger charge is 2.31. The van der Waals surface area contributed by atoms with Crippen LogP contribution in [0.4, 0.5) is 5.69 Å². The minimum atomic E-state index is -0.398. The number of methoxy groups -OCH3 is 1. The van der Waals surface area contributed by atoms with E-state index >= 15 is 0 Å². The fraction of sp³-hybridized carbons (Fsp3) is 0.538. The summed E-state index contributed by atoms with van der Waals surface area (Å²) in [6, 6.07) is 5.32. The number of carbonyl (C=O) groups is 2. The highest BCUT2D eigenvalue weighted by atomic mass is 16.5. The molecule has 0 bridgehead atoms. The lowest BCUT2D eigenvalue weighted by molar-refractivity contribution is 0.00994. The van der Waals surface area contributed by atoms with Gasteiger partial charge in [-0.1, -0.05) is 6.92 Å². The van der Waals surface area contributed by atoms with Crippen molar-refractivity contribution in [2.24, 2.45) is 11.8 Å². The van der Waals surface area contributed by atoms with Gasteiger partial charge in [0.25, 0.3) is 11.8 Å². The van der Waals surface area contributed by atoms with Crippen molar-refractivity contribution in [3.63, 3.8) is 0 Å². The number of nitrogens with zero attached hydrogens (tertiary/aromatic N) is 4. The zero-order chi connectivity index (χ0) is 24.9. The van der Waals surface area contributed by atoms with E-state index in [1.54, 1.807) is 37.3 Å². The number of fused-ring (bicyclic) bond motifs is 1. The fourth-order valence-corrected chi connectivity index (χ4v) is 4.43. The number of benzene rings is 1. The maximum Gasteiger partial charge on any atom is 0.275 e. The van der Waals surface area contributed by atoms with Crippen LogP contribution in [0, 0.1) is 11.8 Å². The van der Waals surface area contributed by atoms with Crippen LogP contribution in [-0.2, 0) is 4.74 Å². The van der Waals surface area contributed by atoms with E-state index in [4.69, 9.17) is 9.47 Å². The van der Waals surface area contributed by atoms with Gasteiger partial charge in [-0.2, -0.15) is 0 Å². The minimum absolute atomic E-state index is 0.0961. The Balaban J connectivity index is 1.60. The van der Waals surface area contributed by atoms with Gasteiger partial charge in [0.05, 0.1) is 17.9 Å². The maximum atomic E-state index is 13.5. The molecule has 4 rings (SSSR count). The Morgan fingerprint density at radius 1 is 1.23 bits per heavy atom. The van der Waals surface area contributed by atoms with Gasteiger partial charge in [-0.25, -0.2) is 4.98 Å². The first-order chi connectivity index (χ1) is 16.9. The summed E-state index contributed by atoms with van der Waals surface area (Å²) in [4.78, 5) is 38.2. The van der Waals surface area contributed by atoms with Gasteiger partial charge in [0, 0.05) is 57.9 Å². The molecular formula is C26H35N5O4. The number of ether oxygens (including phenoxy) is 2. The Morgan fingerprint density at radius 3 is 2.71 bits per heavy atom. The third-order valence-electron chi connectivity index (χ3n) is 6.82. The Bertz CT molecular complexity index is 1030. The van der Waals surface area contributed by atoms with E-state index in [1.807, 2.05) is 0 Å². The Kier molecular flexibility index (Phi) is 7.97. The number of hydrogen-bond acceptors (Lipinski definition) is 7. The van der Waals surface area contributed by atoms with Crippen molar-refractivity contribution in [3.8, 4) is 5.75 Å². The van der Waals surface area contributed by atoms with Crippen LogP contribution in [0.25, 0.3) is 0 Å². The molecule has 1 aliphatic heterocycles. The summed E-state index contributed by atoms with van der Waals surface area (Å²) >= 11 is 0. The molecule has 188 valence electrons. The first-order valence-corrected chi connectivity index (χ1v) is 12.2. The number of anilines is 1. The number of likely N-dealkylation sites (N-methyl/N-ethyl adjacent to an activating group) is 1. The number of carbonyl (C=O) groups excluding carboxylic acids is 2. The molecule has 1 fully saturated rings. The number of amides is 2. The lowest BCUT2D eigenvalue weighted by Crippen LogP contribution is -2.47. The quantitative estimate of drug-likeness (QED) is 0.701. The third-order valence-corrected chi connectivity index (χ3v) is 6.82. The van der Waals surface area contributed by atoms with Crippen molar-refractivity contribution in [1.82, 2.24) is 19.8 Å². The normalized spacial score (nSPS) is 24.1. The molecule has 1 aromatic carbocycles. The monoisotopic (exact) mass is 481 g/mol. The van der Waals surface area contributed by atoms with Crippen molar-refractivity contribution in [1.29, 1.82) is 0 Å². The molecule has 1 saturated carbocycles. The van der Waals surface area contributed by atoms with Gasteiger partial charge in [0.2, 0.25) is 0 Å². The number of rotatable bonds is 5. The van der Waals surface area contributed by atoms with E-state index in [0.717, 1.165) is 19.0 Å². The van der Waals surface area contributed by atoms with Gasteiger partial charge in [-0.15, -0.1) is 0 Å². The third kappa shape index (κ3) is 6.35. The smallest absolute Gasteiger partial charge is 0.275 e. The van der Waals surface area contributed by atoms with E-state index in [-0.39, 0.29) is 29.7 Å². The Hall–Kier alpha value is -3.04. The van der Waals surface area contributed by atoms with Crippen molar-refractivity contribution in [3.05, 3.63) is 48.0 Å². The predicted molar refractivity (Wildman–Crippen MR) is 133 cm³/mol. The summed E-state index contributed by atoms with van der Waals surface area (Å²) in [5.74, 6) is 0.919. The summed E-state index contributed by atoms with van der Waals surface area (Å²) in [7, 11) is 3.48. The number of nitrogens with one attached hydrogen (secondary N) is 1. The summed E-state index contributed by atoms with van der Waals surface area (Å²) in [5.41, 5.74) is 1.08. The number of hydrogen-bond donors (Lipinski definition) is 1. The second-order valence-electron chi connectivity index (χ2n) is 9.75. The van der Waals surface area contributed by atoms with Crippen LogP contribution in [-0.4, -0.2) is 84.1 Å². The zero-order valence-corrected chi connectivity index (χ0v) is 20.9. The summed E-state index contributed by atoms with van der Waals surface area (Å²) in [5, 5.41) is 2.80. The number of aromatic nitrogens is 2. The van der Waals surface area contributed by atoms with Crippen molar-refractivity contribution >= 4 is 17.5 Å². The van der Waals surface area contributed by atoms with Crippen molar-refractivity contribution in [2.45, 2.75) is 38.8 Å². The molecule has 0 unspecified atom stereocenters. The molecule has 0 spiro atoms. The molecule has 1 aromatic heterocycles. The molecule has 2 aromatic rings. The molecule has 1 N–H and O–H groups in total. The highest BCUT2D eigenvalue weighted by molar-refractivity contribution is 6.04. The van der Waals surface area contributed by atoms with Crippen LogP contribution in [0.3, 0.4) is 0 Å². The van der Waals surface area contributed by atoms with E-state index < -0.39 is 5.91 Å². The van der Waals surface area contributed by atoms with Crippen molar-refractivity contribution < 1.29 is 19.1 Å². The molecule has 9 heteroatoms. The van der Waals surface area contributed by atoms with E-state index in [1.165, 1.54) is 31.4 Å². The summed E-state index contributed by atoms with van der Waals surface area (Å²) < 4.78 is 12.0. The topological polar surface area (TPSA) is 96.9 Å². The van der Waals surface area contributed by atoms with Crippen molar-refractivity contribution in [2.75, 3.05) is 45.7 Å². The lowest BCUT2D eigenvalue weighted by atomic mass is 10.0. The van der Waals surface area contributed by atoms with E-state index in [9.17, 15) is 9.59 Å². The van der Waals surface area contributed by atoms with Gasteiger partial charge >= 0.3 is 0 Å². The zero-order valence-electron chi connectivity index (χ0n) is 20.9. The second kappa shape index (κ2) is 11.1. The van der Waals surface area contributed by atoms with Crippen LogP contribution < -0.4 is 10.1 Å². The second-order valence-corrected chi connectivity index (χ2v) is 9.75. The molecule has 0 radical (unpaired) electrons. The Labute approximate surface area is 206 Å². The highest BCUT2D eigenvalue weighted by Crippen LogP contribution is 2.32. The molecule has 3 atom stereocenters. The van der Waals surface area contributed by atoms with Gasteiger partial charge in [-0.3, -0.25) is 19.5 Å². The van der Waals surface area contributed by atoms with Gasteiger partial charge in [-0.05, 0) is 49.8 Å². The van der Waals surface area contributed by atoms with Crippen LogP contribution in [0.1, 0.15) is 47.5 Å². The first kappa shape index (κ1) is 25.1. The van der Waals surface area contributed by atoms with Crippen LogP contribution in [0.5, 0.6) is 5.75 Å². The molecule has 0 saturated heterocycles. The Morgan fingerprint density at radius 2 is 2.03 bits per heavy atom. The molecule has 2 aliphatic rings. The van der Waals surface area contributed by atoms with Gasteiger partial charge < -0.3 is 19.7 Å². The van der Waals surface area contributed by atoms with Crippen LogP contribution >= 0.6 is 0 Å². The summed E-state index contributed by atoms with van der Waals surface area (Å²) in [6.07, 6.45) is 6.84. The SMILES string of the molecule is CO[C@@H]1CN(C)C(=O)c2cc(NC(=O)c3cnccn3)ccc2OC[C@@H](C)N(CC2CC2)C[C@H]1C. The van der Waals surface area contributed by atoms with Gasteiger partial charge in [0.15, 0.2) is 0 Å². The largest absolute Gasteiger partial charge is 0.491 e. The minimum Gasteiger partial charge on any atom is -0.491 e. The van der Waals surface area contributed by atoms with E-state index in [2.05, 4.69) is 34.0 Å². The molecule has 35 heavy (non-hydrogen) atoms. The summed E-state index contributed by atoms with van der Waals surface area (Å²) in [6.45, 7) is 7.22. The average molecular weight is 482 g/mol. The van der Waals surface area contributed by atoms with Crippen LogP contribution in [0.2, 0.25) is 0 Å². The molecular weight excluding hydrogens is 446 g/mol. The molecule has 2 amide bonds. The maximum absolute atomic E-state index is 13.5. The standard InChI is InChI=1S/C26H35N5O4/c1-17-13-31(14-19-5-6-19)18(2)16-35-23-8-7-20(29-25(32)22-12-27-9-10-28-22)11-21(23)26(33)30(3)15-24(17)34-4/h7-12,17-19,24H,5-6,13-16H2,1-4H3,(H,29,32)/t17-,18-,24-/m1/s1. The van der Waals surface area contributed by atoms with Gasteiger partial charge in [0.1, 0.15) is 18.1 Å². The molecule has 1 aliphatic carbocycles. The molecule has 9 nitrogen and oxygen atoms in total. The lowest BCUT2D eigenvalue weighted by Gasteiger charge is -2.36. The van der Waals surface area contributed by atoms with Crippen LogP contribution in [0.15, 0.2) is 36.8 Å². The first-order valence-electron chi connectivity index (χ1n) is 12.2.